The molecule has 0 saturated carbocycles. The highest BCUT2D eigenvalue weighted by molar-refractivity contribution is 9.10. The van der Waals surface area contributed by atoms with Crippen molar-refractivity contribution < 1.29 is 22.7 Å². The molecule has 2 atom stereocenters. The third kappa shape index (κ3) is 8.72. The minimum atomic E-state index is -4.17. The minimum absolute atomic E-state index is 0.0261. The average molecular weight is 679 g/mol. The Labute approximate surface area is 262 Å². The van der Waals surface area contributed by atoms with Crippen molar-refractivity contribution in [1.29, 1.82) is 0 Å². The second kappa shape index (κ2) is 15.4. The zero-order chi connectivity index (χ0) is 30.9. The lowest BCUT2D eigenvalue weighted by Gasteiger charge is -2.33. The number of carbonyl (C=O) groups is 2. The van der Waals surface area contributed by atoms with Gasteiger partial charge in [0.15, 0.2) is 0 Å². The predicted octanol–water partition coefficient (Wildman–Crippen LogP) is 6.42. The van der Waals surface area contributed by atoms with E-state index in [1.807, 2.05) is 27.7 Å². The maximum atomic E-state index is 14.1. The quantitative estimate of drug-likeness (QED) is 0.212. The van der Waals surface area contributed by atoms with Gasteiger partial charge < -0.3 is 15.0 Å². The number of ether oxygens (including phenoxy) is 1. The smallest absolute Gasteiger partial charge is 0.264 e. The molecule has 3 aromatic carbocycles. The summed E-state index contributed by atoms with van der Waals surface area (Å²) in [4.78, 5) is 29.0. The van der Waals surface area contributed by atoms with Gasteiger partial charge in [-0.2, -0.15) is 0 Å². The first kappa shape index (κ1) is 33.4. The number of nitrogens with one attached hydrogen (secondary N) is 1. The van der Waals surface area contributed by atoms with Gasteiger partial charge in [0, 0.05) is 22.1 Å². The Morgan fingerprint density at radius 3 is 2.10 bits per heavy atom. The first-order chi connectivity index (χ1) is 20.0. The molecule has 0 aliphatic carbocycles. The van der Waals surface area contributed by atoms with Crippen LogP contribution in [-0.2, 0) is 26.2 Å². The number of carbonyl (C=O) groups excluding carboxylic acids is 2. The second-order valence-corrected chi connectivity index (χ2v) is 13.0. The van der Waals surface area contributed by atoms with Gasteiger partial charge in [0.2, 0.25) is 11.8 Å². The highest BCUT2D eigenvalue weighted by atomic mass is 79.9. The fraction of sp³-hybridized carbons (Fsp3) is 0.355. The number of rotatable bonds is 14. The van der Waals surface area contributed by atoms with E-state index in [4.69, 9.17) is 16.3 Å². The van der Waals surface area contributed by atoms with E-state index in [0.29, 0.717) is 29.5 Å². The molecular formula is C31H37BrClN3O5S. The second-order valence-electron chi connectivity index (χ2n) is 9.78. The fourth-order valence-electron chi connectivity index (χ4n) is 4.28. The molecule has 2 amide bonds. The van der Waals surface area contributed by atoms with Crippen molar-refractivity contribution in [2.75, 3.05) is 17.5 Å². The number of benzene rings is 3. The van der Waals surface area contributed by atoms with Crippen LogP contribution in [0, 0.1) is 0 Å². The first-order valence-corrected chi connectivity index (χ1v) is 16.5. The monoisotopic (exact) mass is 677 g/mol. The Bertz CT molecular complexity index is 1430. The van der Waals surface area contributed by atoms with Crippen molar-refractivity contribution in [2.45, 2.75) is 64.1 Å². The van der Waals surface area contributed by atoms with Gasteiger partial charge in [-0.05, 0) is 92.9 Å². The fourth-order valence-corrected chi connectivity index (χ4v) is 6.09. The molecule has 0 bridgehead atoms. The maximum absolute atomic E-state index is 14.1. The molecule has 226 valence electrons. The molecule has 0 spiro atoms. The summed E-state index contributed by atoms with van der Waals surface area (Å²) in [5.41, 5.74) is 1.05. The van der Waals surface area contributed by atoms with Crippen molar-refractivity contribution in [3.8, 4) is 5.75 Å². The summed E-state index contributed by atoms with van der Waals surface area (Å²) >= 11 is 9.42. The Balaban J connectivity index is 2.05. The molecule has 0 saturated heterocycles. The van der Waals surface area contributed by atoms with E-state index in [1.165, 1.54) is 17.0 Å². The van der Waals surface area contributed by atoms with E-state index < -0.39 is 28.5 Å². The van der Waals surface area contributed by atoms with Crippen LogP contribution in [0.15, 0.2) is 82.2 Å². The first-order valence-electron chi connectivity index (χ1n) is 13.9. The molecule has 0 aliphatic heterocycles. The molecule has 3 rings (SSSR count). The van der Waals surface area contributed by atoms with Crippen LogP contribution in [0.1, 0.15) is 46.1 Å². The molecule has 0 unspecified atom stereocenters. The van der Waals surface area contributed by atoms with Gasteiger partial charge in [0.05, 0.1) is 17.2 Å². The van der Waals surface area contributed by atoms with E-state index >= 15 is 0 Å². The third-order valence-electron chi connectivity index (χ3n) is 6.77. The molecule has 0 fully saturated rings. The van der Waals surface area contributed by atoms with Crippen LogP contribution in [0.2, 0.25) is 5.02 Å². The van der Waals surface area contributed by atoms with Gasteiger partial charge in [0.1, 0.15) is 18.3 Å². The summed E-state index contributed by atoms with van der Waals surface area (Å²) in [6.07, 6.45) is 1.06. The number of sulfonamides is 1. The van der Waals surface area contributed by atoms with Gasteiger partial charge in [-0.3, -0.25) is 13.9 Å². The van der Waals surface area contributed by atoms with Crippen LogP contribution in [0.5, 0.6) is 5.75 Å². The Morgan fingerprint density at radius 1 is 0.929 bits per heavy atom. The predicted molar refractivity (Wildman–Crippen MR) is 170 cm³/mol. The summed E-state index contributed by atoms with van der Waals surface area (Å²) in [7, 11) is -4.17. The summed E-state index contributed by atoms with van der Waals surface area (Å²) in [5, 5.41) is 3.51. The standard InChI is InChI=1S/C31H37BrClN3O5S/c1-5-22(4)34-31(38)29(6-2)35(20-23-8-12-25(33)13-9-23)30(37)21-36(26-14-16-27(17-15-26)41-7-3)42(39,40)28-18-10-24(32)11-19-28/h8-19,22,29H,5-7,20-21H2,1-4H3,(H,34,38)/t22-,29-/m1/s1. The highest BCUT2D eigenvalue weighted by Gasteiger charge is 2.34. The molecular weight excluding hydrogens is 642 g/mol. The summed E-state index contributed by atoms with van der Waals surface area (Å²) in [6, 6.07) is 18.8. The van der Waals surface area contributed by atoms with E-state index in [-0.39, 0.29) is 23.4 Å². The lowest BCUT2D eigenvalue weighted by atomic mass is 10.1. The minimum Gasteiger partial charge on any atom is -0.494 e. The number of hydrogen-bond acceptors (Lipinski definition) is 5. The van der Waals surface area contributed by atoms with Crippen LogP contribution < -0.4 is 14.4 Å². The van der Waals surface area contributed by atoms with Crippen LogP contribution in [0.3, 0.4) is 0 Å². The number of anilines is 1. The van der Waals surface area contributed by atoms with Crippen molar-refractivity contribution in [3.63, 3.8) is 0 Å². The topological polar surface area (TPSA) is 96.0 Å². The average Bonchev–Trinajstić information content (AvgIpc) is 2.97. The van der Waals surface area contributed by atoms with Crippen molar-refractivity contribution in [3.05, 3.63) is 87.9 Å². The van der Waals surface area contributed by atoms with Gasteiger partial charge in [-0.1, -0.05) is 53.5 Å². The van der Waals surface area contributed by atoms with Crippen molar-refractivity contribution in [2.24, 2.45) is 0 Å². The Hall–Kier alpha value is -3.08. The van der Waals surface area contributed by atoms with Crippen LogP contribution in [0.4, 0.5) is 5.69 Å². The molecule has 0 radical (unpaired) electrons. The molecule has 3 aromatic rings. The maximum Gasteiger partial charge on any atom is 0.264 e. The SMILES string of the molecule is CCOc1ccc(N(CC(=O)N(Cc2ccc(Cl)cc2)[C@H](CC)C(=O)N[C@H](C)CC)S(=O)(=O)c2ccc(Br)cc2)cc1. The molecule has 1 N–H and O–H groups in total. The molecule has 11 heteroatoms. The zero-order valence-electron chi connectivity index (χ0n) is 24.2. The van der Waals surface area contributed by atoms with Crippen LogP contribution in [-0.4, -0.2) is 50.4 Å². The summed E-state index contributed by atoms with van der Waals surface area (Å²) in [6.45, 7) is 7.57. The van der Waals surface area contributed by atoms with Gasteiger partial charge in [-0.15, -0.1) is 0 Å². The number of hydrogen-bond donors (Lipinski definition) is 1. The molecule has 0 heterocycles. The van der Waals surface area contributed by atoms with Crippen LogP contribution in [0.25, 0.3) is 0 Å². The van der Waals surface area contributed by atoms with Crippen molar-refractivity contribution >= 4 is 55.1 Å². The molecule has 0 aliphatic rings. The van der Waals surface area contributed by atoms with Crippen molar-refractivity contribution in [1.82, 2.24) is 10.2 Å². The third-order valence-corrected chi connectivity index (χ3v) is 9.34. The van der Waals surface area contributed by atoms with E-state index in [9.17, 15) is 18.0 Å². The van der Waals surface area contributed by atoms with Gasteiger partial charge in [0.25, 0.3) is 10.0 Å². The summed E-state index contributed by atoms with van der Waals surface area (Å²) in [5.74, 6) is -0.242. The van der Waals surface area contributed by atoms with E-state index in [2.05, 4.69) is 21.2 Å². The Kier molecular flexibility index (Phi) is 12.3. The number of nitrogens with zero attached hydrogens (tertiary/aromatic N) is 2. The number of amides is 2. The summed E-state index contributed by atoms with van der Waals surface area (Å²) < 4.78 is 35.3. The lowest BCUT2D eigenvalue weighted by Crippen LogP contribution is -2.53. The highest BCUT2D eigenvalue weighted by Crippen LogP contribution is 2.28. The largest absolute Gasteiger partial charge is 0.494 e. The molecule has 8 nitrogen and oxygen atoms in total. The Morgan fingerprint density at radius 2 is 1.55 bits per heavy atom. The normalized spacial score (nSPS) is 12.7. The van der Waals surface area contributed by atoms with Gasteiger partial charge >= 0.3 is 0 Å². The van der Waals surface area contributed by atoms with E-state index in [1.54, 1.807) is 60.7 Å². The van der Waals surface area contributed by atoms with Crippen LogP contribution >= 0.6 is 27.5 Å². The van der Waals surface area contributed by atoms with E-state index in [0.717, 1.165) is 20.8 Å². The zero-order valence-corrected chi connectivity index (χ0v) is 27.4. The molecule has 0 aromatic heterocycles. The number of halogens is 2. The van der Waals surface area contributed by atoms with Gasteiger partial charge in [-0.25, -0.2) is 8.42 Å². The lowest BCUT2D eigenvalue weighted by molar-refractivity contribution is -0.140. The molecule has 42 heavy (non-hydrogen) atoms.